The molecule has 1 amide bonds. The zero-order valence-corrected chi connectivity index (χ0v) is 14.2. The van der Waals surface area contributed by atoms with Gasteiger partial charge in [-0.15, -0.1) is 0 Å². The molecule has 0 spiro atoms. The van der Waals surface area contributed by atoms with Crippen molar-refractivity contribution in [1.29, 1.82) is 0 Å². The summed E-state index contributed by atoms with van der Waals surface area (Å²) < 4.78 is 18.7. The van der Waals surface area contributed by atoms with Gasteiger partial charge in [-0.3, -0.25) is 9.69 Å². The van der Waals surface area contributed by atoms with Gasteiger partial charge in [0.05, 0.1) is 7.11 Å². The van der Waals surface area contributed by atoms with Crippen LogP contribution in [-0.4, -0.2) is 55.0 Å². The van der Waals surface area contributed by atoms with Crippen LogP contribution in [0.25, 0.3) is 0 Å². The van der Waals surface area contributed by atoms with E-state index in [1.807, 2.05) is 11.0 Å². The maximum absolute atomic E-state index is 13.8. The molecule has 1 aliphatic heterocycles. The van der Waals surface area contributed by atoms with Crippen molar-refractivity contribution in [2.24, 2.45) is 11.7 Å². The lowest BCUT2D eigenvalue weighted by Gasteiger charge is -2.36. The second-order valence-corrected chi connectivity index (χ2v) is 6.84. The topological polar surface area (TPSA) is 58.8 Å². The fourth-order valence-corrected chi connectivity index (χ4v) is 3.69. The summed E-state index contributed by atoms with van der Waals surface area (Å²) in [4.78, 5) is 16.7. The minimum atomic E-state index is -0.332. The Kier molecular flexibility index (Phi) is 5.36. The predicted octanol–water partition coefficient (Wildman–Crippen LogP) is 1.61. The molecule has 5 nitrogen and oxygen atoms in total. The number of hydrogen-bond acceptors (Lipinski definition) is 4. The molecular weight excluding hydrogens is 309 g/mol. The number of methoxy groups -OCH3 is 1. The number of nitrogens with two attached hydrogens (primary N) is 1. The van der Waals surface area contributed by atoms with Crippen molar-refractivity contribution in [2.75, 3.05) is 33.3 Å². The summed E-state index contributed by atoms with van der Waals surface area (Å²) >= 11 is 0. The predicted molar refractivity (Wildman–Crippen MR) is 90.1 cm³/mol. The molecule has 1 saturated heterocycles. The number of benzene rings is 1. The Bertz CT molecular complexity index is 588. The lowest BCUT2D eigenvalue weighted by molar-refractivity contribution is -0.137. The van der Waals surface area contributed by atoms with E-state index in [0.717, 1.165) is 51.0 Å². The molecule has 24 heavy (non-hydrogen) atoms. The second-order valence-electron chi connectivity index (χ2n) is 6.84. The Morgan fingerprint density at radius 1 is 1.29 bits per heavy atom. The van der Waals surface area contributed by atoms with Crippen molar-refractivity contribution in [2.45, 2.75) is 31.8 Å². The maximum Gasteiger partial charge on any atom is 0.225 e. The van der Waals surface area contributed by atoms with Crippen LogP contribution in [0.4, 0.5) is 4.39 Å². The van der Waals surface area contributed by atoms with Gasteiger partial charge in [-0.2, -0.15) is 0 Å². The summed E-state index contributed by atoms with van der Waals surface area (Å²) in [6.45, 7) is 3.81. The third kappa shape index (κ3) is 3.87. The van der Waals surface area contributed by atoms with E-state index in [-0.39, 0.29) is 29.4 Å². The molecule has 2 aliphatic rings. The minimum absolute atomic E-state index is 0.113. The number of halogens is 1. The highest BCUT2D eigenvalue weighted by Gasteiger charge is 2.32. The van der Waals surface area contributed by atoms with E-state index in [4.69, 9.17) is 10.5 Å². The van der Waals surface area contributed by atoms with Crippen molar-refractivity contribution >= 4 is 5.91 Å². The Morgan fingerprint density at radius 2 is 2.04 bits per heavy atom. The highest BCUT2D eigenvalue weighted by Crippen LogP contribution is 2.26. The first-order chi connectivity index (χ1) is 11.6. The Morgan fingerprint density at radius 3 is 2.62 bits per heavy atom. The smallest absolute Gasteiger partial charge is 0.225 e. The average Bonchev–Trinajstić information content (AvgIpc) is 3.02. The van der Waals surface area contributed by atoms with E-state index >= 15 is 0 Å². The molecule has 2 N–H and O–H groups in total. The van der Waals surface area contributed by atoms with Gasteiger partial charge in [0.1, 0.15) is 0 Å². The lowest BCUT2D eigenvalue weighted by atomic mass is 10.1. The number of carbonyl (C=O) groups is 1. The molecule has 0 radical (unpaired) electrons. The molecule has 2 fully saturated rings. The molecular formula is C18H26FN3O2. The van der Waals surface area contributed by atoms with Gasteiger partial charge < -0.3 is 15.4 Å². The molecule has 1 heterocycles. The van der Waals surface area contributed by atoms with Crippen molar-refractivity contribution in [3.05, 3.63) is 29.6 Å². The van der Waals surface area contributed by atoms with Crippen molar-refractivity contribution in [3.63, 3.8) is 0 Å². The van der Waals surface area contributed by atoms with Crippen LogP contribution in [0.3, 0.4) is 0 Å². The number of piperazine rings is 1. The molecule has 3 rings (SSSR count). The zero-order chi connectivity index (χ0) is 17.1. The number of amides is 1. The molecule has 2 atom stereocenters. The minimum Gasteiger partial charge on any atom is -0.494 e. The largest absolute Gasteiger partial charge is 0.494 e. The van der Waals surface area contributed by atoms with Crippen LogP contribution in [0.2, 0.25) is 0 Å². The molecule has 6 heteroatoms. The molecule has 0 aromatic heterocycles. The van der Waals surface area contributed by atoms with Gasteiger partial charge in [-0.25, -0.2) is 4.39 Å². The summed E-state index contributed by atoms with van der Waals surface area (Å²) in [5, 5.41) is 0. The summed E-state index contributed by atoms with van der Waals surface area (Å²) in [6.07, 6.45) is 2.70. The molecule has 1 saturated carbocycles. The van der Waals surface area contributed by atoms with Gasteiger partial charge in [0, 0.05) is 44.7 Å². The third-order valence-electron chi connectivity index (χ3n) is 5.13. The third-order valence-corrected chi connectivity index (χ3v) is 5.13. The Labute approximate surface area is 142 Å². The van der Waals surface area contributed by atoms with Gasteiger partial charge in [0.25, 0.3) is 0 Å². The number of nitrogens with zero attached hydrogens (tertiary/aromatic N) is 2. The van der Waals surface area contributed by atoms with Crippen LogP contribution < -0.4 is 10.5 Å². The van der Waals surface area contributed by atoms with Gasteiger partial charge >= 0.3 is 0 Å². The van der Waals surface area contributed by atoms with Gasteiger partial charge in [-0.05, 0) is 37.0 Å². The normalized spacial score (nSPS) is 25.0. The average molecular weight is 335 g/mol. The lowest BCUT2D eigenvalue weighted by Crippen LogP contribution is -2.49. The second kappa shape index (κ2) is 7.49. The number of ether oxygens (including phenoxy) is 1. The molecule has 1 aromatic rings. The van der Waals surface area contributed by atoms with Crippen LogP contribution in [0.15, 0.2) is 18.2 Å². The zero-order valence-electron chi connectivity index (χ0n) is 14.2. The highest BCUT2D eigenvalue weighted by molar-refractivity contribution is 5.79. The molecule has 0 bridgehead atoms. The van der Waals surface area contributed by atoms with Crippen molar-refractivity contribution in [3.8, 4) is 5.75 Å². The maximum atomic E-state index is 13.8. The first-order valence-corrected chi connectivity index (χ1v) is 8.66. The van der Waals surface area contributed by atoms with Crippen LogP contribution >= 0.6 is 0 Å². The summed E-state index contributed by atoms with van der Waals surface area (Å²) in [7, 11) is 1.46. The van der Waals surface area contributed by atoms with Crippen LogP contribution in [-0.2, 0) is 11.3 Å². The van der Waals surface area contributed by atoms with Gasteiger partial charge in [-0.1, -0.05) is 6.07 Å². The number of carbonyl (C=O) groups excluding carboxylic acids is 1. The first-order valence-electron chi connectivity index (χ1n) is 8.66. The molecule has 0 unspecified atom stereocenters. The number of hydrogen-bond donors (Lipinski definition) is 1. The van der Waals surface area contributed by atoms with Crippen molar-refractivity contribution < 1.29 is 13.9 Å². The quantitative estimate of drug-likeness (QED) is 0.908. The highest BCUT2D eigenvalue weighted by atomic mass is 19.1. The Hall–Kier alpha value is -1.66. The van der Waals surface area contributed by atoms with E-state index < -0.39 is 0 Å². The fourth-order valence-electron chi connectivity index (χ4n) is 3.69. The summed E-state index contributed by atoms with van der Waals surface area (Å²) in [5.74, 6) is 0.311. The SMILES string of the molecule is COc1ccc(CN2CCN(C(=O)[C@H]3CC[C@H](N)C3)CC2)cc1F. The summed E-state index contributed by atoms with van der Waals surface area (Å²) in [5.41, 5.74) is 6.84. The van der Waals surface area contributed by atoms with Crippen LogP contribution in [0.1, 0.15) is 24.8 Å². The van der Waals surface area contributed by atoms with E-state index in [9.17, 15) is 9.18 Å². The van der Waals surface area contributed by atoms with E-state index in [2.05, 4.69) is 4.90 Å². The Balaban J connectivity index is 1.50. The molecule has 1 aliphatic carbocycles. The number of rotatable bonds is 4. The standard InChI is InChI=1S/C18H26FN3O2/c1-24-17-5-2-13(10-16(17)19)12-21-6-8-22(9-7-21)18(23)14-3-4-15(20)11-14/h2,5,10,14-15H,3-4,6-9,11-12,20H2,1H3/t14-,15-/m0/s1. The van der Waals surface area contributed by atoms with Gasteiger partial charge in [0.15, 0.2) is 11.6 Å². The van der Waals surface area contributed by atoms with Gasteiger partial charge in [0.2, 0.25) is 5.91 Å². The van der Waals surface area contributed by atoms with E-state index in [0.29, 0.717) is 6.54 Å². The molecule has 1 aromatic carbocycles. The first kappa shape index (κ1) is 17.2. The van der Waals surface area contributed by atoms with E-state index in [1.54, 1.807) is 6.07 Å². The van der Waals surface area contributed by atoms with Crippen molar-refractivity contribution in [1.82, 2.24) is 9.80 Å². The van der Waals surface area contributed by atoms with Crippen LogP contribution in [0.5, 0.6) is 5.75 Å². The van der Waals surface area contributed by atoms with E-state index in [1.165, 1.54) is 13.2 Å². The monoisotopic (exact) mass is 335 g/mol. The fraction of sp³-hybridized carbons (Fsp3) is 0.611. The van der Waals surface area contributed by atoms with Crippen LogP contribution in [0, 0.1) is 11.7 Å². The molecule has 132 valence electrons. The summed E-state index contributed by atoms with van der Waals surface area (Å²) in [6, 6.07) is 5.26.